The number of hydrogen-bond acceptors (Lipinski definition) is 4. The van der Waals surface area contributed by atoms with Crippen LogP contribution in [0, 0.1) is 0 Å². The summed E-state index contributed by atoms with van der Waals surface area (Å²) in [7, 11) is 0. The summed E-state index contributed by atoms with van der Waals surface area (Å²) >= 11 is 0. The summed E-state index contributed by atoms with van der Waals surface area (Å²) in [6.07, 6.45) is 4.20. The van der Waals surface area contributed by atoms with E-state index >= 15 is 0 Å². The first-order valence-corrected chi connectivity index (χ1v) is 8.43. The minimum atomic E-state index is -0.0819. The highest BCUT2D eigenvalue weighted by Crippen LogP contribution is 2.15. The lowest BCUT2D eigenvalue weighted by Gasteiger charge is -2.26. The van der Waals surface area contributed by atoms with Gasteiger partial charge in [-0.15, -0.1) is 0 Å². The SMILES string of the molecule is CCN(CC)C(C)CNC(=O)c1ccn(C2CCCNC2)n1. The number of likely N-dealkylation sites (N-methyl/N-ethyl adjacent to an activating group) is 1. The summed E-state index contributed by atoms with van der Waals surface area (Å²) in [5.41, 5.74) is 0.511. The molecule has 0 saturated carbocycles. The third-order valence-electron chi connectivity index (χ3n) is 4.48. The van der Waals surface area contributed by atoms with Crippen LogP contribution >= 0.6 is 0 Å². The van der Waals surface area contributed by atoms with Gasteiger partial charge in [0.05, 0.1) is 6.04 Å². The third-order valence-corrected chi connectivity index (χ3v) is 4.48. The lowest BCUT2D eigenvalue weighted by molar-refractivity contribution is 0.0931. The summed E-state index contributed by atoms with van der Waals surface area (Å²) in [6, 6.07) is 2.51. The van der Waals surface area contributed by atoms with E-state index < -0.39 is 0 Å². The minimum Gasteiger partial charge on any atom is -0.349 e. The third kappa shape index (κ3) is 4.30. The molecule has 0 aromatic carbocycles. The van der Waals surface area contributed by atoms with E-state index in [1.807, 2.05) is 16.9 Å². The number of piperidine rings is 1. The Hall–Kier alpha value is -1.40. The van der Waals surface area contributed by atoms with Crippen molar-refractivity contribution in [2.24, 2.45) is 0 Å². The number of carbonyl (C=O) groups excluding carboxylic acids is 1. The van der Waals surface area contributed by atoms with Gasteiger partial charge in [0.15, 0.2) is 0 Å². The van der Waals surface area contributed by atoms with E-state index in [4.69, 9.17) is 0 Å². The Labute approximate surface area is 133 Å². The monoisotopic (exact) mass is 307 g/mol. The average Bonchev–Trinajstić information content (AvgIpc) is 3.04. The summed E-state index contributed by atoms with van der Waals surface area (Å²) in [6.45, 7) is 11.1. The normalized spacial score (nSPS) is 20.1. The van der Waals surface area contributed by atoms with Crippen LogP contribution in [0.15, 0.2) is 12.3 Å². The highest BCUT2D eigenvalue weighted by atomic mass is 16.1. The molecule has 6 heteroatoms. The van der Waals surface area contributed by atoms with E-state index in [0.717, 1.165) is 39.0 Å². The Morgan fingerprint density at radius 3 is 2.95 bits per heavy atom. The van der Waals surface area contributed by atoms with Gasteiger partial charge < -0.3 is 10.6 Å². The lowest BCUT2D eigenvalue weighted by atomic mass is 10.1. The van der Waals surface area contributed by atoms with Gasteiger partial charge in [-0.2, -0.15) is 5.10 Å². The molecule has 1 aliphatic rings. The van der Waals surface area contributed by atoms with E-state index in [9.17, 15) is 4.79 Å². The second-order valence-electron chi connectivity index (χ2n) is 5.96. The molecule has 1 fully saturated rings. The first-order valence-electron chi connectivity index (χ1n) is 8.43. The highest BCUT2D eigenvalue weighted by Gasteiger charge is 2.18. The highest BCUT2D eigenvalue weighted by molar-refractivity contribution is 5.92. The van der Waals surface area contributed by atoms with Crippen molar-refractivity contribution in [1.82, 2.24) is 25.3 Å². The molecule has 2 rings (SSSR count). The molecule has 6 nitrogen and oxygen atoms in total. The number of amides is 1. The fourth-order valence-corrected chi connectivity index (χ4v) is 3.03. The molecule has 1 saturated heterocycles. The number of nitrogens with zero attached hydrogens (tertiary/aromatic N) is 3. The van der Waals surface area contributed by atoms with Crippen molar-refractivity contribution < 1.29 is 4.79 Å². The lowest BCUT2D eigenvalue weighted by Crippen LogP contribution is -2.42. The minimum absolute atomic E-state index is 0.0819. The summed E-state index contributed by atoms with van der Waals surface area (Å²) in [5, 5.41) is 10.8. The van der Waals surface area contributed by atoms with E-state index in [1.54, 1.807) is 0 Å². The topological polar surface area (TPSA) is 62.2 Å². The summed E-state index contributed by atoms with van der Waals surface area (Å²) < 4.78 is 1.93. The molecule has 22 heavy (non-hydrogen) atoms. The Balaban J connectivity index is 1.86. The Kier molecular flexibility index (Phi) is 6.39. The number of rotatable bonds is 7. The zero-order chi connectivity index (χ0) is 15.9. The quantitative estimate of drug-likeness (QED) is 0.796. The standard InChI is InChI=1S/C16H29N5O/c1-4-20(5-2)13(3)11-18-16(22)15-8-10-21(19-15)14-7-6-9-17-12-14/h8,10,13-14,17H,4-7,9,11-12H2,1-3H3,(H,18,22). The fraction of sp³-hybridized carbons (Fsp3) is 0.750. The number of carbonyl (C=O) groups is 1. The zero-order valence-electron chi connectivity index (χ0n) is 14.0. The van der Waals surface area contributed by atoms with Gasteiger partial charge in [0.25, 0.3) is 5.91 Å². The van der Waals surface area contributed by atoms with Crippen molar-refractivity contribution in [2.45, 2.75) is 45.7 Å². The van der Waals surface area contributed by atoms with Gasteiger partial charge in [-0.3, -0.25) is 14.4 Å². The van der Waals surface area contributed by atoms with Crippen molar-refractivity contribution in [3.05, 3.63) is 18.0 Å². The van der Waals surface area contributed by atoms with Gasteiger partial charge in [0.2, 0.25) is 0 Å². The van der Waals surface area contributed by atoms with Gasteiger partial charge in [0.1, 0.15) is 5.69 Å². The van der Waals surface area contributed by atoms with Crippen LogP contribution in [0.4, 0.5) is 0 Å². The predicted octanol–water partition coefficient (Wildman–Crippen LogP) is 1.27. The summed E-state index contributed by atoms with van der Waals surface area (Å²) in [5.74, 6) is -0.0819. The van der Waals surface area contributed by atoms with E-state index in [-0.39, 0.29) is 5.91 Å². The Morgan fingerprint density at radius 1 is 1.55 bits per heavy atom. The van der Waals surface area contributed by atoms with Crippen LogP contribution in [0.25, 0.3) is 0 Å². The van der Waals surface area contributed by atoms with Crippen LogP contribution in [0.1, 0.15) is 50.1 Å². The number of nitrogens with one attached hydrogen (secondary N) is 2. The maximum Gasteiger partial charge on any atom is 0.271 e. The molecular weight excluding hydrogens is 278 g/mol. The van der Waals surface area contributed by atoms with Crippen LogP contribution in [0.2, 0.25) is 0 Å². The van der Waals surface area contributed by atoms with Gasteiger partial charge in [-0.05, 0) is 45.5 Å². The van der Waals surface area contributed by atoms with Gasteiger partial charge in [-0.25, -0.2) is 0 Å². The van der Waals surface area contributed by atoms with E-state index in [2.05, 4.69) is 41.4 Å². The Morgan fingerprint density at radius 2 is 2.32 bits per heavy atom. The first kappa shape index (κ1) is 17.0. The maximum atomic E-state index is 12.2. The van der Waals surface area contributed by atoms with Crippen molar-refractivity contribution in [3.63, 3.8) is 0 Å². The molecule has 0 spiro atoms. The number of aromatic nitrogens is 2. The predicted molar refractivity (Wildman–Crippen MR) is 88.1 cm³/mol. The van der Waals surface area contributed by atoms with Crippen molar-refractivity contribution in [1.29, 1.82) is 0 Å². The first-order chi connectivity index (χ1) is 10.7. The van der Waals surface area contributed by atoms with Crippen LogP contribution in [0.5, 0.6) is 0 Å². The van der Waals surface area contributed by atoms with E-state index in [0.29, 0.717) is 24.3 Å². The van der Waals surface area contributed by atoms with Gasteiger partial charge in [0, 0.05) is 25.3 Å². The molecule has 2 unspecified atom stereocenters. The summed E-state index contributed by atoms with van der Waals surface area (Å²) in [4.78, 5) is 14.5. The van der Waals surface area contributed by atoms with Crippen molar-refractivity contribution in [2.75, 3.05) is 32.7 Å². The van der Waals surface area contributed by atoms with Gasteiger partial charge in [-0.1, -0.05) is 13.8 Å². The van der Waals surface area contributed by atoms with E-state index in [1.165, 1.54) is 0 Å². The fourth-order valence-electron chi connectivity index (χ4n) is 3.03. The molecule has 1 amide bonds. The average molecular weight is 307 g/mol. The molecule has 124 valence electrons. The maximum absolute atomic E-state index is 12.2. The second-order valence-corrected chi connectivity index (χ2v) is 5.96. The Bertz CT molecular complexity index is 463. The van der Waals surface area contributed by atoms with Crippen LogP contribution < -0.4 is 10.6 Å². The van der Waals surface area contributed by atoms with Crippen molar-refractivity contribution in [3.8, 4) is 0 Å². The van der Waals surface area contributed by atoms with Crippen LogP contribution in [-0.4, -0.2) is 59.4 Å². The largest absolute Gasteiger partial charge is 0.349 e. The molecule has 1 aromatic rings. The van der Waals surface area contributed by atoms with Crippen LogP contribution in [0.3, 0.4) is 0 Å². The smallest absolute Gasteiger partial charge is 0.271 e. The van der Waals surface area contributed by atoms with Crippen molar-refractivity contribution >= 4 is 5.91 Å². The van der Waals surface area contributed by atoms with Gasteiger partial charge >= 0.3 is 0 Å². The number of hydrogen-bond donors (Lipinski definition) is 2. The molecule has 2 N–H and O–H groups in total. The molecule has 1 aliphatic heterocycles. The molecule has 0 aliphatic carbocycles. The van der Waals surface area contributed by atoms with Crippen LogP contribution in [-0.2, 0) is 0 Å². The molecule has 0 bridgehead atoms. The molecule has 2 atom stereocenters. The molecule has 1 aromatic heterocycles. The second kappa shape index (κ2) is 8.29. The molecular formula is C16H29N5O. The zero-order valence-corrected chi connectivity index (χ0v) is 14.0. The molecule has 0 radical (unpaired) electrons. The molecule has 2 heterocycles.